The number of anilines is 1. The van der Waals surface area contributed by atoms with Gasteiger partial charge in [-0.05, 0) is 61.2 Å². The van der Waals surface area contributed by atoms with Crippen molar-refractivity contribution in [2.75, 3.05) is 12.0 Å². The highest BCUT2D eigenvalue weighted by Crippen LogP contribution is 2.55. The minimum absolute atomic E-state index is 0.157. The third-order valence-corrected chi connectivity index (χ3v) is 6.24. The summed E-state index contributed by atoms with van der Waals surface area (Å²) >= 11 is 0. The monoisotopic (exact) mass is 407 g/mol. The Labute approximate surface area is 171 Å². The molecule has 1 saturated heterocycles. The predicted octanol–water partition coefficient (Wildman–Crippen LogP) is 3.05. The molecule has 2 fully saturated rings. The number of carbonyl (C=O) groups is 3. The molecule has 2 aromatic carbocycles. The number of halogens is 1. The first-order valence-electron chi connectivity index (χ1n) is 9.67. The molecule has 1 atom stereocenters. The van der Waals surface area contributed by atoms with Crippen LogP contribution < -0.4 is 9.64 Å². The Kier molecular flexibility index (Phi) is 3.87. The summed E-state index contributed by atoms with van der Waals surface area (Å²) in [7, 11) is 1.54. The van der Waals surface area contributed by atoms with E-state index in [0.717, 1.165) is 12.5 Å². The van der Waals surface area contributed by atoms with Gasteiger partial charge in [-0.25, -0.2) is 9.18 Å². The maximum atomic E-state index is 13.8. The fraction of sp³-hybridized carbons (Fsp3) is 0.261. The van der Waals surface area contributed by atoms with Gasteiger partial charge in [-0.1, -0.05) is 12.1 Å². The third-order valence-electron chi connectivity index (χ3n) is 6.24. The van der Waals surface area contributed by atoms with Crippen LogP contribution in [0.2, 0.25) is 0 Å². The second-order valence-electron chi connectivity index (χ2n) is 7.72. The molecule has 152 valence electrons. The molecule has 1 aliphatic carbocycles. The van der Waals surface area contributed by atoms with Gasteiger partial charge in [0.25, 0.3) is 11.5 Å². The highest BCUT2D eigenvalue weighted by Gasteiger charge is 2.74. The quantitative estimate of drug-likeness (QED) is 0.578. The van der Waals surface area contributed by atoms with Crippen LogP contribution in [0.4, 0.5) is 10.1 Å². The van der Waals surface area contributed by atoms with Crippen LogP contribution in [0.15, 0.2) is 54.6 Å². The van der Waals surface area contributed by atoms with Gasteiger partial charge in [0, 0.05) is 17.3 Å². The number of amides is 1. The highest BCUT2D eigenvalue weighted by molar-refractivity contribution is 6.37. The average molecular weight is 407 g/mol. The van der Waals surface area contributed by atoms with Crippen molar-refractivity contribution in [3.8, 4) is 5.75 Å². The van der Waals surface area contributed by atoms with Gasteiger partial charge in [0.1, 0.15) is 17.1 Å². The average Bonchev–Trinajstić information content (AvgIpc) is 3.17. The molecule has 6 nitrogen and oxygen atoms in total. The van der Waals surface area contributed by atoms with Crippen molar-refractivity contribution in [1.29, 1.82) is 0 Å². The lowest BCUT2D eigenvalue weighted by Gasteiger charge is -2.43. The van der Waals surface area contributed by atoms with Gasteiger partial charge in [-0.2, -0.15) is 0 Å². The van der Waals surface area contributed by atoms with Gasteiger partial charge in [0.15, 0.2) is 0 Å². The lowest BCUT2D eigenvalue weighted by Crippen LogP contribution is -2.55. The second kappa shape index (κ2) is 6.26. The minimum Gasteiger partial charge on any atom is -0.497 e. The summed E-state index contributed by atoms with van der Waals surface area (Å²) in [6.07, 6.45) is 2.91. The zero-order chi connectivity index (χ0) is 21.1. The van der Waals surface area contributed by atoms with E-state index in [1.165, 1.54) is 29.2 Å². The third kappa shape index (κ3) is 2.26. The molecule has 3 aliphatic rings. The zero-order valence-electron chi connectivity index (χ0n) is 16.2. The smallest absolute Gasteiger partial charge is 0.333 e. The standard InChI is InChI=1S/C23H18FNO5/c1-29-17-9-7-16(8-10-17)25-21(28)23(20(27)22(25)11-2-12-22)18(13-19(26)30-23)14-3-5-15(24)6-4-14/h3-10,13H,2,11-12H2,1H3. The number of esters is 1. The molecular weight excluding hydrogens is 389 g/mol. The maximum absolute atomic E-state index is 13.8. The van der Waals surface area contributed by atoms with Crippen LogP contribution >= 0.6 is 0 Å². The van der Waals surface area contributed by atoms with Crippen LogP contribution in [-0.2, 0) is 19.1 Å². The maximum Gasteiger partial charge on any atom is 0.333 e. The van der Waals surface area contributed by atoms with Gasteiger partial charge in [-0.15, -0.1) is 0 Å². The molecular formula is C23H18FNO5. The van der Waals surface area contributed by atoms with E-state index in [4.69, 9.17) is 9.47 Å². The summed E-state index contributed by atoms with van der Waals surface area (Å²) in [5.74, 6) is -1.64. The number of ether oxygens (including phenoxy) is 2. The molecule has 5 rings (SSSR count). The molecule has 2 aliphatic heterocycles. The molecule has 7 heteroatoms. The lowest BCUT2D eigenvalue weighted by molar-refractivity contribution is -0.158. The number of ketones is 1. The van der Waals surface area contributed by atoms with E-state index in [1.54, 1.807) is 31.4 Å². The Morgan fingerprint density at radius 2 is 1.67 bits per heavy atom. The molecule has 1 amide bonds. The molecule has 1 saturated carbocycles. The first kappa shape index (κ1) is 18.5. The van der Waals surface area contributed by atoms with E-state index in [2.05, 4.69) is 0 Å². The lowest BCUT2D eigenvalue weighted by atomic mass is 9.70. The normalized spacial score (nSPS) is 24.3. The molecule has 0 bridgehead atoms. The molecule has 2 spiro atoms. The van der Waals surface area contributed by atoms with Crippen LogP contribution in [0, 0.1) is 5.82 Å². The molecule has 1 unspecified atom stereocenters. The molecule has 30 heavy (non-hydrogen) atoms. The van der Waals surface area contributed by atoms with E-state index in [0.29, 0.717) is 29.8 Å². The Morgan fingerprint density at radius 3 is 2.23 bits per heavy atom. The van der Waals surface area contributed by atoms with Crippen molar-refractivity contribution in [2.24, 2.45) is 0 Å². The summed E-state index contributed by atoms with van der Waals surface area (Å²) in [5, 5.41) is 0. The number of nitrogens with zero attached hydrogens (tertiary/aromatic N) is 1. The van der Waals surface area contributed by atoms with Crippen LogP contribution in [0.25, 0.3) is 5.57 Å². The summed E-state index contributed by atoms with van der Waals surface area (Å²) in [6, 6.07) is 12.2. The van der Waals surface area contributed by atoms with Gasteiger partial charge in [-0.3, -0.25) is 14.5 Å². The van der Waals surface area contributed by atoms with Crippen molar-refractivity contribution in [3.63, 3.8) is 0 Å². The van der Waals surface area contributed by atoms with Crippen molar-refractivity contribution in [1.82, 2.24) is 0 Å². The van der Waals surface area contributed by atoms with Gasteiger partial charge in [0.05, 0.1) is 7.11 Å². The molecule has 2 aromatic rings. The Bertz CT molecular complexity index is 1100. The van der Waals surface area contributed by atoms with Crippen LogP contribution in [0.5, 0.6) is 5.75 Å². The Morgan fingerprint density at radius 1 is 1.00 bits per heavy atom. The largest absolute Gasteiger partial charge is 0.497 e. The van der Waals surface area contributed by atoms with Crippen molar-refractivity contribution >= 4 is 28.9 Å². The van der Waals surface area contributed by atoms with Crippen LogP contribution in [0.1, 0.15) is 24.8 Å². The SMILES string of the molecule is COc1ccc(N2C(=O)C3(OC(=O)C=C3c3ccc(F)cc3)C(=O)C23CCC3)cc1. The van der Waals surface area contributed by atoms with Gasteiger partial charge in [0.2, 0.25) is 5.78 Å². The first-order chi connectivity index (χ1) is 14.4. The van der Waals surface area contributed by atoms with Gasteiger partial charge >= 0.3 is 5.97 Å². The molecule has 0 N–H and O–H groups in total. The van der Waals surface area contributed by atoms with E-state index in [9.17, 15) is 18.8 Å². The van der Waals surface area contributed by atoms with Gasteiger partial charge < -0.3 is 9.47 Å². The summed E-state index contributed by atoms with van der Waals surface area (Å²) in [4.78, 5) is 41.3. The number of hydrogen-bond acceptors (Lipinski definition) is 5. The number of methoxy groups -OCH3 is 1. The van der Waals surface area contributed by atoms with Crippen molar-refractivity contribution in [3.05, 3.63) is 66.0 Å². The number of hydrogen-bond donors (Lipinski definition) is 0. The van der Waals surface area contributed by atoms with E-state index in [-0.39, 0.29) is 5.57 Å². The first-order valence-corrected chi connectivity index (χ1v) is 9.67. The number of rotatable bonds is 3. The van der Waals surface area contributed by atoms with Crippen molar-refractivity contribution in [2.45, 2.75) is 30.4 Å². The highest BCUT2D eigenvalue weighted by atomic mass is 19.1. The Hall–Kier alpha value is -3.48. The van der Waals surface area contributed by atoms with Crippen LogP contribution in [-0.4, -0.2) is 35.9 Å². The minimum atomic E-state index is -2.05. The molecule has 2 heterocycles. The van der Waals surface area contributed by atoms with E-state index in [1.807, 2.05) is 0 Å². The zero-order valence-corrected chi connectivity index (χ0v) is 16.2. The number of Topliss-reactive ketones (excluding diaryl/α,β-unsaturated/α-hetero) is 1. The number of benzene rings is 2. The molecule has 0 radical (unpaired) electrons. The summed E-state index contributed by atoms with van der Waals surface area (Å²) < 4.78 is 24.1. The summed E-state index contributed by atoms with van der Waals surface area (Å²) in [6.45, 7) is 0. The Balaban J connectivity index is 1.66. The fourth-order valence-corrected chi connectivity index (χ4v) is 4.63. The fourth-order valence-electron chi connectivity index (χ4n) is 4.63. The number of carbonyl (C=O) groups excluding carboxylic acids is 3. The van der Waals surface area contributed by atoms with E-state index >= 15 is 0 Å². The second-order valence-corrected chi connectivity index (χ2v) is 7.72. The summed E-state index contributed by atoms with van der Waals surface area (Å²) in [5.41, 5.74) is -2.02. The van der Waals surface area contributed by atoms with E-state index < -0.39 is 34.6 Å². The predicted molar refractivity (Wildman–Crippen MR) is 105 cm³/mol. The topological polar surface area (TPSA) is 72.9 Å². The molecule has 0 aromatic heterocycles. The van der Waals surface area contributed by atoms with Crippen LogP contribution in [0.3, 0.4) is 0 Å². The van der Waals surface area contributed by atoms with Crippen molar-refractivity contribution < 1.29 is 28.2 Å².